The van der Waals surface area contributed by atoms with Gasteiger partial charge in [0.25, 0.3) is 0 Å². The van der Waals surface area contributed by atoms with E-state index in [9.17, 15) is 9.90 Å². The highest BCUT2D eigenvalue weighted by molar-refractivity contribution is 7.98. The summed E-state index contributed by atoms with van der Waals surface area (Å²) in [6, 6.07) is 5.23. The van der Waals surface area contributed by atoms with Crippen molar-refractivity contribution in [2.75, 3.05) is 19.1 Å². The topological polar surface area (TPSA) is 59.4 Å². The molecular formula is C11H15NO3S. The van der Waals surface area contributed by atoms with Crippen molar-refractivity contribution < 1.29 is 14.6 Å². The molecule has 88 valence electrons. The number of ether oxygens (including phenoxy) is 1. The molecule has 1 N–H and O–H groups in total. The summed E-state index contributed by atoms with van der Waals surface area (Å²) in [5.74, 6) is -0.480. The second-order valence-corrected chi connectivity index (χ2v) is 4.20. The number of nitrogens with zero attached hydrogens (tertiary/aromatic N) is 1. The lowest BCUT2D eigenvalue weighted by atomic mass is 10.0. The van der Waals surface area contributed by atoms with Gasteiger partial charge in [-0.3, -0.25) is 9.78 Å². The van der Waals surface area contributed by atoms with Gasteiger partial charge in [0.05, 0.1) is 18.7 Å². The van der Waals surface area contributed by atoms with Gasteiger partial charge in [0.1, 0.15) is 6.10 Å². The predicted octanol–water partition coefficient (Wildman–Crippen LogP) is 1.27. The fraction of sp³-hybridized carbons (Fsp3) is 0.455. The first-order valence-corrected chi connectivity index (χ1v) is 6.25. The first kappa shape index (κ1) is 13.0. The smallest absolute Gasteiger partial charge is 0.312 e. The van der Waals surface area contributed by atoms with E-state index in [0.717, 1.165) is 0 Å². The summed E-state index contributed by atoms with van der Waals surface area (Å²) in [6.45, 7) is 0. The van der Waals surface area contributed by atoms with Gasteiger partial charge in [-0.05, 0) is 18.4 Å². The van der Waals surface area contributed by atoms with Gasteiger partial charge in [-0.1, -0.05) is 6.07 Å². The molecule has 4 nitrogen and oxygen atoms in total. The second-order valence-electron chi connectivity index (χ2n) is 3.28. The van der Waals surface area contributed by atoms with Crippen LogP contribution in [0.2, 0.25) is 0 Å². The Balaban J connectivity index is 2.82. The van der Waals surface area contributed by atoms with Crippen molar-refractivity contribution >= 4 is 17.7 Å². The maximum absolute atomic E-state index is 11.5. The Morgan fingerprint density at radius 3 is 2.88 bits per heavy atom. The molecule has 0 spiro atoms. The van der Waals surface area contributed by atoms with E-state index in [2.05, 4.69) is 9.72 Å². The van der Waals surface area contributed by atoms with Gasteiger partial charge in [-0.2, -0.15) is 11.8 Å². The second kappa shape index (κ2) is 6.50. The summed E-state index contributed by atoms with van der Waals surface area (Å²) in [6.07, 6.45) is 2.55. The minimum Gasteiger partial charge on any atom is -0.469 e. The van der Waals surface area contributed by atoms with Gasteiger partial charge >= 0.3 is 5.97 Å². The van der Waals surface area contributed by atoms with Crippen LogP contribution in [0.5, 0.6) is 0 Å². The standard InChI is InChI=1S/C11H15NO3S/c1-15-11(14)8(7-16-2)10(13)9-5-3-4-6-12-9/h3-6,8,10,13H,7H2,1-2H3. The monoisotopic (exact) mass is 241 g/mol. The fourth-order valence-corrected chi connectivity index (χ4v) is 2.05. The number of methoxy groups -OCH3 is 1. The molecule has 2 unspecified atom stereocenters. The van der Waals surface area contributed by atoms with Crippen LogP contribution in [0, 0.1) is 5.92 Å². The Labute approximate surface area is 99.0 Å². The van der Waals surface area contributed by atoms with E-state index in [1.54, 1.807) is 24.4 Å². The van der Waals surface area contributed by atoms with Crippen LogP contribution in [0.15, 0.2) is 24.4 Å². The molecule has 1 aromatic rings. The molecule has 0 aliphatic rings. The number of aliphatic hydroxyl groups excluding tert-OH is 1. The molecule has 0 amide bonds. The third kappa shape index (κ3) is 3.21. The van der Waals surface area contributed by atoms with Gasteiger partial charge in [0.15, 0.2) is 0 Å². The van der Waals surface area contributed by atoms with Crippen molar-refractivity contribution in [3.05, 3.63) is 30.1 Å². The highest BCUT2D eigenvalue weighted by Crippen LogP contribution is 2.24. The highest BCUT2D eigenvalue weighted by Gasteiger charge is 2.29. The fourth-order valence-electron chi connectivity index (χ4n) is 1.38. The molecule has 0 saturated heterocycles. The molecule has 0 radical (unpaired) electrons. The lowest BCUT2D eigenvalue weighted by molar-refractivity contribution is -0.148. The lowest BCUT2D eigenvalue weighted by Gasteiger charge is -2.19. The molecule has 0 saturated carbocycles. The summed E-state index contributed by atoms with van der Waals surface area (Å²) < 4.78 is 4.67. The summed E-state index contributed by atoms with van der Waals surface area (Å²) in [5.41, 5.74) is 0.493. The molecule has 0 aliphatic carbocycles. The maximum atomic E-state index is 11.5. The number of hydrogen-bond donors (Lipinski definition) is 1. The van der Waals surface area contributed by atoms with Crippen LogP contribution < -0.4 is 0 Å². The normalized spacial score (nSPS) is 14.2. The molecule has 2 atom stereocenters. The molecule has 0 aromatic carbocycles. The Morgan fingerprint density at radius 1 is 1.62 bits per heavy atom. The molecular weight excluding hydrogens is 226 g/mol. The van der Waals surface area contributed by atoms with Crippen molar-refractivity contribution in [1.29, 1.82) is 0 Å². The molecule has 1 aromatic heterocycles. The van der Waals surface area contributed by atoms with E-state index in [1.165, 1.54) is 18.9 Å². The van der Waals surface area contributed by atoms with Gasteiger partial charge < -0.3 is 9.84 Å². The molecule has 1 rings (SSSR count). The van der Waals surface area contributed by atoms with Crippen LogP contribution in [-0.2, 0) is 9.53 Å². The van der Waals surface area contributed by atoms with E-state index in [1.807, 2.05) is 6.26 Å². The predicted molar refractivity (Wildman–Crippen MR) is 63.1 cm³/mol. The number of hydrogen-bond acceptors (Lipinski definition) is 5. The minimum atomic E-state index is -0.916. The molecule has 1 heterocycles. The quantitative estimate of drug-likeness (QED) is 0.787. The SMILES string of the molecule is COC(=O)C(CSC)C(O)c1ccccn1. The zero-order valence-electron chi connectivity index (χ0n) is 9.29. The lowest BCUT2D eigenvalue weighted by Crippen LogP contribution is -2.26. The summed E-state index contributed by atoms with van der Waals surface area (Å²) in [7, 11) is 1.32. The Morgan fingerprint density at radius 2 is 2.38 bits per heavy atom. The van der Waals surface area contributed by atoms with Crippen molar-refractivity contribution in [2.45, 2.75) is 6.10 Å². The zero-order valence-corrected chi connectivity index (χ0v) is 10.1. The van der Waals surface area contributed by atoms with E-state index < -0.39 is 18.0 Å². The number of carbonyl (C=O) groups excluding carboxylic acids is 1. The van der Waals surface area contributed by atoms with Crippen LogP contribution in [0.1, 0.15) is 11.8 Å². The van der Waals surface area contributed by atoms with E-state index in [-0.39, 0.29) is 0 Å². The minimum absolute atomic E-state index is 0.410. The number of aromatic nitrogens is 1. The number of rotatable bonds is 5. The molecule has 5 heteroatoms. The number of carbonyl (C=O) groups is 1. The van der Waals surface area contributed by atoms with E-state index in [4.69, 9.17) is 0 Å². The number of aliphatic hydroxyl groups is 1. The zero-order chi connectivity index (χ0) is 12.0. The molecule has 0 fully saturated rings. The van der Waals surface area contributed by atoms with Gasteiger partial charge in [0.2, 0.25) is 0 Å². The third-order valence-corrected chi connectivity index (χ3v) is 2.91. The third-order valence-electron chi connectivity index (χ3n) is 2.22. The van der Waals surface area contributed by atoms with Gasteiger partial charge in [0, 0.05) is 11.9 Å². The Hall–Kier alpha value is -1.07. The van der Waals surface area contributed by atoms with Crippen LogP contribution in [-0.4, -0.2) is 35.2 Å². The summed E-state index contributed by atoms with van der Waals surface area (Å²) in [4.78, 5) is 15.5. The van der Waals surface area contributed by atoms with Gasteiger partial charge in [-0.25, -0.2) is 0 Å². The number of thioether (sulfide) groups is 1. The van der Waals surface area contributed by atoms with E-state index in [0.29, 0.717) is 11.4 Å². The van der Waals surface area contributed by atoms with Crippen molar-refractivity contribution in [3.63, 3.8) is 0 Å². The number of pyridine rings is 1. The van der Waals surface area contributed by atoms with Crippen molar-refractivity contribution in [3.8, 4) is 0 Å². The van der Waals surface area contributed by atoms with E-state index >= 15 is 0 Å². The average molecular weight is 241 g/mol. The molecule has 16 heavy (non-hydrogen) atoms. The van der Waals surface area contributed by atoms with Crippen molar-refractivity contribution in [1.82, 2.24) is 4.98 Å². The Kier molecular flexibility index (Phi) is 5.28. The highest BCUT2D eigenvalue weighted by atomic mass is 32.2. The summed E-state index contributed by atoms with van der Waals surface area (Å²) >= 11 is 1.49. The van der Waals surface area contributed by atoms with Crippen LogP contribution >= 0.6 is 11.8 Å². The number of esters is 1. The van der Waals surface area contributed by atoms with Crippen LogP contribution in [0.4, 0.5) is 0 Å². The van der Waals surface area contributed by atoms with Crippen LogP contribution in [0.25, 0.3) is 0 Å². The summed E-state index contributed by atoms with van der Waals surface area (Å²) in [5, 5.41) is 10.0. The van der Waals surface area contributed by atoms with Crippen molar-refractivity contribution in [2.24, 2.45) is 5.92 Å². The molecule has 0 bridgehead atoms. The average Bonchev–Trinajstić information content (AvgIpc) is 2.35. The first-order chi connectivity index (χ1) is 7.70. The first-order valence-electron chi connectivity index (χ1n) is 4.86. The molecule has 0 aliphatic heterocycles. The van der Waals surface area contributed by atoms with Crippen LogP contribution in [0.3, 0.4) is 0 Å². The maximum Gasteiger partial charge on any atom is 0.312 e. The largest absolute Gasteiger partial charge is 0.469 e. The van der Waals surface area contributed by atoms with Gasteiger partial charge in [-0.15, -0.1) is 0 Å². The Bertz CT molecular complexity index is 331.